The Morgan fingerprint density at radius 1 is 1.07 bits per heavy atom. The second-order valence-corrected chi connectivity index (χ2v) is 6.37. The highest BCUT2D eigenvalue weighted by Crippen LogP contribution is 2.28. The maximum atomic E-state index is 14.3. The SMILES string of the molecule is CNc1cc(OCCC(C)Oc2cc(NC)c(C(=O)OC)cc2F)c(F)cc1C=O. The number of nitrogens with one attached hydrogen (secondary N) is 2. The molecule has 0 radical (unpaired) electrons. The van der Waals surface area contributed by atoms with Crippen molar-refractivity contribution in [1.82, 2.24) is 0 Å². The fourth-order valence-electron chi connectivity index (χ4n) is 2.73. The van der Waals surface area contributed by atoms with E-state index < -0.39 is 23.7 Å². The van der Waals surface area contributed by atoms with E-state index in [1.165, 1.54) is 19.2 Å². The van der Waals surface area contributed by atoms with E-state index in [4.69, 9.17) is 9.47 Å². The number of hydrogen-bond acceptors (Lipinski definition) is 7. The molecule has 9 heteroatoms. The maximum Gasteiger partial charge on any atom is 0.340 e. The van der Waals surface area contributed by atoms with Crippen molar-refractivity contribution in [2.45, 2.75) is 19.4 Å². The first-order chi connectivity index (χ1) is 14.3. The van der Waals surface area contributed by atoms with Gasteiger partial charge in [-0.2, -0.15) is 0 Å². The molecular formula is C21H24F2N2O5. The molecule has 0 saturated heterocycles. The molecule has 0 aromatic heterocycles. The Kier molecular flexibility index (Phi) is 7.97. The summed E-state index contributed by atoms with van der Waals surface area (Å²) in [6, 6.07) is 4.90. The minimum Gasteiger partial charge on any atom is -0.490 e. The number of halogens is 2. The molecule has 0 bridgehead atoms. The lowest BCUT2D eigenvalue weighted by Crippen LogP contribution is -2.17. The number of hydrogen-bond donors (Lipinski definition) is 2. The summed E-state index contributed by atoms with van der Waals surface area (Å²) in [6.07, 6.45) is 0.416. The minimum atomic E-state index is -0.712. The molecule has 0 fully saturated rings. The highest BCUT2D eigenvalue weighted by atomic mass is 19.1. The molecule has 2 N–H and O–H groups in total. The normalized spacial score (nSPS) is 11.4. The predicted molar refractivity (Wildman–Crippen MR) is 109 cm³/mol. The second-order valence-electron chi connectivity index (χ2n) is 6.37. The van der Waals surface area contributed by atoms with Crippen molar-refractivity contribution in [3.05, 3.63) is 47.0 Å². The lowest BCUT2D eigenvalue weighted by molar-refractivity contribution is 0.0601. The molecule has 7 nitrogen and oxygen atoms in total. The van der Waals surface area contributed by atoms with Crippen LogP contribution in [0.15, 0.2) is 24.3 Å². The number of aldehydes is 1. The molecule has 0 aliphatic heterocycles. The van der Waals surface area contributed by atoms with Crippen LogP contribution in [0.2, 0.25) is 0 Å². The highest BCUT2D eigenvalue weighted by molar-refractivity contribution is 5.96. The highest BCUT2D eigenvalue weighted by Gasteiger charge is 2.18. The second kappa shape index (κ2) is 10.4. The van der Waals surface area contributed by atoms with Crippen molar-refractivity contribution in [3.63, 3.8) is 0 Å². The Hall–Kier alpha value is -3.36. The molecule has 1 unspecified atom stereocenters. The fourth-order valence-corrected chi connectivity index (χ4v) is 2.73. The number of ether oxygens (including phenoxy) is 3. The number of esters is 1. The Bertz CT molecular complexity index is 921. The molecule has 2 aromatic carbocycles. The van der Waals surface area contributed by atoms with Gasteiger partial charge in [-0.05, 0) is 19.1 Å². The number of carbonyl (C=O) groups is 2. The van der Waals surface area contributed by atoms with Crippen molar-refractivity contribution in [1.29, 1.82) is 0 Å². The lowest BCUT2D eigenvalue weighted by atomic mass is 10.1. The number of anilines is 2. The Balaban J connectivity index is 2.02. The summed E-state index contributed by atoms with van der Waals surface area (Å²) in [7, 11) is 4.41. The summed E-state index contributed by atoms with van der Waals surface area (Å²) < 4.78 is 44.1. The number of carbonyl (C=O) groups excluding carboxylic acids is 2. The van der Waals surface area contributed by atoms with E-state index in [2.05, 4.69) is 15.4 Å². The third kappa shape index (κ3) is 5.37. The number of methoxy groups -OCH3 is 1. The van der Waals surface area contributed by atoms with E-state index >= 15 is 0 Å². The van der Waals surface area contributed by atoms with E-state index in [1.54, 1.807) is 21.0 Å². The van der Waals surface area contributed by atoms with Gasteiger partial charge in [0.15, 0.2) is 29.4 Å². The van der Waals surface area contributed by atoms with Gasteiger partial charge < -0.3 is 24.8 Å². The summed E-state index contributed by atoms with van der Waals surface area (Å²) >= 11 is 0. The quantitative estimate of drug-likeness (QED) is 0.444. The summed E-state index contributed by atoms with van der Waals surface area (Å²) in [4.78, 5) is 22.7. The van der Waals surface area contributed by atoms with Gasteiger partial charge in [-0.1, -0.05) is 0 Å². The summed E-state index contributed by atoms with van der Waals surface area (Å²) in [5, 5.41) is 5.59. The molecule has 0 heterocycles. The van der Waals surface area contributed by atoms with Crippen LogP contribution >= 0.6 is 0 Å². The molecule has 0 aliphatic rings. The van der Waals surface area contributed by atoms with Crippen LogP contribution in [0.4, 0.5) is 20.2 Å². The zero-order valence-electron chi connectivity index (χ0n) is 17.2. The maximum absolute atomic E-state index is 14.3. The van der Waals surface area contributed by atoms with Gasteiger partial charge in [-0.3, -0.25) is 4.79 Å². The largest absolute Gasteiger partial charge is 0.490 e. The average Bonchev–Trinajstić information content (AvgIpc) is 2.74. The van der Waals surface area contributed by atoms with Crippen LogP contribution in [-0.2, 0) is 4.74 Å². The van der Waals surface area contributed by atoms with Crippen LogP contribution in [0.25, 0.3) is 0 Å². The molecule has 162 valence electrons. The van der Waals surface area contributed by atoms with E-state index in [9.17, 15) is 18.4 Å². The molecule has 0 amide bonds. The summed E-state index contributed by atoms with van der Waals surface area (Å²) in [6.45, 7) is 1.81. The molecule has 2 aromatic rings. The Morgan fingerprint density at radius 2 is 1.70 bits per heavy atom. The smallest absolute Gasteiger partial charge is 0.340 e. The van der Waals surface area contributed by atoms with Crippen LogP contribution in [0.5, 0.6) is 11.5 Å². The first kappa shape index (κ1) is 22.9. The van der Waals surface area contributed by atoms with Crippen LogP contribution < -0.4 is 20.1 Å². The average molecular weight is 422 g/mol. The van der Waals surface area contributed by atoms with E-state index in [0.29, 0.717) is 24.1 Å². The molecule has 0 aliphatic carbocycles. The van der Waals surface area contributed by atoms with Crippen LogP contribution in [-0.4, -0.2) is 46.2 Å². The zero-order valence-corrected chi connectivity index (χ0v) is 17.2. The first-order valence-corrected chi connectivity index (χ1v) is 9.20. The van der Waals surface area contributed by atoms with Crippen molar-refractivity contribution in [2.75, 3.05) is 38.4 Å². The molecule has 0 saturated carbocycles. The van der Waals surface area contributed by atoms with Gasteiger partial charge in [0.25, 0.3) is 0 Å². The molecule has 30 heavy (non-hydrogen) atoms. The molecular weight excluding hydrogens is 398 g/mol. The van der Waals surface area contributed by atoms with Crippen molar-refractivity contribution in [3.8, 4) is 11.5 Å². The topological polar surface area (TPSA) is 85.9 Å². The van der Waals surface area contributed by atoms with Crippen molar-refractivity contribution >= 4 is 23.6 Å². The number of benzene rings is 2. The van der Waals surface area contributed by atoms with Crippen LogP contribution in [0.1, 0.15) is 34.1 Å². The van der Waals surface area contributed by atoms with E-state index in [1.807, 2.05) is 0 Å². The monoisotopic (exact) mass is 422 g/mol. The minimum absolute atomic E-state index is 0.0109. The predicted octanol–water partition coefficient (Wildman–Crippen LogP) is 3.88. The summed E-state index contributed by atoms with van der Waals surface area (Å²) in [5.74, 6) is -2.10. The fraction of sp³-hybridized carbons (Fsp3) is 0.333. The van der Waals surface area contributed by atoms with Crippen molar-refractivity contribution in [2.24, 2.45) is 0 Å². The van der Waals surface area contributed by atoms with Gasteiger partial charge in [0, 0.05) is 43.9 Å². The van der Waals surface area contributed by atoms with Crippen LogP contribution in [0.3, 0.4) is 0 Å². The lowest BCUT2D eigenvalue weighted by Gasteiger charge is -2.18. The third-order valence-electron chi connectivity index (χ3n) is 4.36. The Morgan fingerprint density at radius 3 is 2.30 bits per heavy atom. The first-order valence-electron chi connectivity index (χ1n) is 9.20. The third-order valence-corrected chi connectivity index (χ3v) is 4.36. The van der Waals surface area contributed by atoms with Gasteiger partial charge in [0.05, 0.1) is 31.1 Å². The zero-order chi connectivity index (χ0) is 22.3. The van der Waals surface area contributed by atoms with Crippen molar-refractivity contribution < 1.29 is 32.6 Å². The Labute approximate surface area is 173 Å². The van der Waals surface area contributed by atoms with Gasteiger partial charge >= 0.3 is 5.97 Å². The van der Waals surface area contributed by atoms with Gasteiger partial charge in [-0.25, -0.2) is 13.6 Å². The summed E-state index contributed by atoms with van der Waals surface area (Å²) in [5.41, 5.74) is 1.04. The standard InChI is InChI=1S/C21H24F2N2O5/c1-12(5-6-29-19-9-17(24-2)13(11-26)7-15(19)22)30-20-10-18(25-3)14(8-16(20)23)21(27)28-4/h7-12,24-25H,5-6H2,1-4H3. The number of rotatable bonds is 10. The van der Waals surface area contributed by atoms with Gasteiger partial charge in [0.2, 0.25) is 0 Å². The molecule has 1 atom stereocenters. The van der Waals surface area contributed by atoms with Gasteiger partial charge in [-0.15, -0.1) is 0 Å². The molecule has 0 spiro atoms. The van der Waals surface area contributed by atoms with Gasteiger partial charge in [0.1, 0.15) is 0 Å². The van der Waals surface area contributed by atoms with E-state index in [0.717, 1.165) is 12.1 Å². The molecule has 2 rings (SSSR count). The van der Waals surface area contributed by atoms with Crippen LogP contribution in [0, 0.1) is 11.6 Å². The van der Waals surface area contributed by atoms with E-state index in [-0.39, 0.29) is 29.2 Å².